The van der Waals surface area contributed by atoms with Gasteiger partial charge in [0.05, 0.1) is 20.6 Å². The molecule has 1 amide bonds. The van der Waals surface area contributed by atoms with E-state index < -0.39 is 5.41 Å². The van der Waals surface area contributed by atoms with E-state index >= 15 is 0 Å². The monoisotopic (exact) mass is 376 g/mol. The van der Waals surface area contributed by atoms with Crippen molar-refractivity contribution in [3.8, 4) is 0 Å². The molecule has 1 atom stereocenters. The van der Waals surface area contributed by atoms with Gasteiger partial charge in [-0.25, -0.2) is 4.98 Å². The standard InChI is InChI=1S/C21H20N4OS/c1-21(15-8-4-3-5-9-15,20(26)23-18-12-13-25(2)24-18)14-19-22-16-10-6-7-11-17(16)27-19/h3-13H,14H2,1-2H3,(H,23,24,26). The van der Waals surface area contributed by atoms with Crippen molar-refractivity contribution < 1.29 is 4.79 Å². The predicted octanol–water partition coefficient (Wildman–Crippen LogP) is 4.17. The summed E-state index contributed by atoms with van der Waals surface area (Å²) in [6, 6.07) is 19.7. The maximum atomic E-state index is 13.3. The quantitative estimate of drug-likeness (QED) is 0.569. The van der Waals surface area contributed by atoms with Crippen molar-refractivity contribution in [2.24, 2.45) is 7.05 Å². The van der Waals surface area contributed by atoms with Crippen molar-refractivity contribution in [2.45, 2.75) is 18.8 Å². The van der Waals surface area contributed by atoms with Crippen LogP contribution in [-0.4, -0.2) is 20.7 Å². The first-order valence-electron chi connectivity index (χ1n) is 8.76. The molecule has 27 heavy (non-hydrogen) atoms. The Morgan fingerprint density at radius 1 is 1.11 bits per heavy atom. The fourth-order valence-electron chi connectivity index (χ4n) is 3.15. The maximum Gasteiger partial charge on any atom is 0.236 e. The molecule has 1 N–H and O–H groups in total. The smallest absolute Gasteiger partial charge is 0.236 e. The van der Waals surface area contributed by atoms with E-state index in [0.29, 0.717) is 12.2 Å². The summed E-state index contributed by atoms with van der Waals surface area (Å²) in [4.78, 5) is 18.0. The zero-order chi connectivity index (χ0) is 18.9. The summed E-state index contributed by atoms with van der Waals surface area (Å²) < 4.78 is 2.80. The van der Waals surface area contributed by atoms with Crippen LogP contribution < -0.4 is 5.32 Å². The molecule has 0 aliphatic rings. The van der Waals surface area contributed by atoms with Crippen molar-refractivity contribution in [3.63, 3.8) is 0 Å². The van der Waals surface area contributed by atoms with Gasteiger partial charge in [-0.05, 0) is 24.6 Å². The molecule has 0 spiro atoms. The Hall–Kier alpha value is -2.99. The molecule has 0 aliphatic carbocycles. The highest BCUT2D eigenvalue weighted by Gasteiger charge is 2.37. The van der Waals surface area contributed by atoms with E-state index in [-0.39, 0.29) is 5.91 Å². The number of anilines is 1. The number of hydrogen-bond acceptors (Lipinski definition) is 4. The molecule has 2 aromatic carbocycles. The summed E-state index contributed by atoms with van der Waals surface area (Å²) in [5.74, 6) is 0.459. The Balaban J connectivity index is 1.70. The Morgan fingerprint density at radius 2 is 1.85 bits per heavy atom. The van der Waals surface area contributed by atoms with Crippen molar-refractivity contribution in [1.29, 1.82) is 0 Å². The summed E-state index contributed by atoms with van der Waals surface area (Å²) in [6.07, 6.45) is 2.33. The van der Waals surface area contributed by atoms with E-state index in [1.54, 1.807) is 22.1 Å². The number of nitrogens with one attached hydrogen (secondary N) is 1. The summed E-state index contributed by atoms with van der Waals surface area (Å²) in [6.45, 7) is 1.96. The van der Waals surface area contributed by atoms with Crippen LogP contribution in [-0.2, 0) is 23.7 Å². The molecule has 4 rings (SSSR count). The molecule has 0 fully saturated rings. The normalized spacial score (nSPS) is 13.4. The maximum absolute atomic E-state index is 13.3. The molecule has 6 heteroatoms. The van der Waals surface area contributed by atoms with Crippen LogP contribution in [0.15, 0.2) is 66.9 Å². The Labute approximate surface area is 161 Å². The Bertz CT molecular complexity index is 1050. The van der Waals surface area contributed by atoms with Crippen LogP contribution in [0.4, 0.5) is 5.82 Å². The third kappa shape index (κ3) is 3.48. The molecule has 5 nitrogen and oxygen atoms in total. The van der Waals surface area contributed by atoms with Gasteiger partial charge in [-0.2, -0.15) is 5.10 Å². The van der Waals surface area contributed by atoms with Crippen LogP contribution >= 0.6 is 11.3 Å². The number of aryl methyl sites for hydroxylation is 1. The van der Waals surface area contributed by atoms with E-state index in [4.69, 9.17) is 4.98 Å². The highest BCUT2D eigenvalue weighted by atomic mass is 32.1. The number of carbonyl (C=O) groups is 1. The highest BCUT2D eigenvalue weighted by Crippen LogP contribution is 2.33. The number of para-hydroxylation sites is 1. The number of aromatic nitrogens is 3. The van der Waals surface area contributed by atoms with E-state index in [1.807, 2.05) is 68.7 Å². The van der Waals surface area contributed by atoms with Gasteiger partial charge in [-0.1, -0.05) is 42.5 Å². The van der Waals surface area contributed by atoms with Crippen LogP contribution in [0.5, 0.6) is 0 Å². The van der Waals surface area contributed by atoms with Crippen molar-refractivity contribution >= 4 is 33.3 Å². The van der Waals surface area contributed by atoms with Gasteiger partial charge in [0, 0.05) is 25.7 Å². The minimum absolute atomic E-state index is 0.0911. The van der Waals surface area contributed by atoms with Crippen LogP contribution in [0.2, 0.25) is 0 Å². The number of fused-ring (bicyclic) bond motifs is 1. The molecule has 0 bridgehead atoms. The lowest BCUT2D eigenvalue weighted by Crippen LogP contribution is -2.39. The summed E-state index contributed by atoms with van der Waals surface area (Å²) >= 11 is 1.64. The van der Waals surface area contributed by atoms with Crippen LogP contribution in [0.1, 0.15) is 17.5 Å². The van der Waals surface area contributed by atoms with Crippen molar-refractivity contribution in [1.82, 2.24) is 14.8 Å². The summed E-state index contributed by atoms with van der Waals surface area (Å²) in [7, 11) is 1.83. The minimum atomic E-state index is -0.757. The average molecular weight is 376 g/mol. The second-order valence-corrected chi connectivity index (χ2v) is 7.89. The molecule has 136 valence electrons. The largest absolute Gasteiger partial charge is 0.308 e. The van der Waals surface area contributed by atoms with E-state index in [9.17, 15) is 4.79 Å². The van der Waals surface area contributed by atoms with E-state index in [0.717, 1.165) is 20.8 Å². The number of amides is 1. The lowest BCUT2D eigenvalue weighted by atomic mass is 9.78. The van der Waals surface area contributed by atoms with Crippen LogP contribution in [0.3, 0.4) is 0 Å². The molecule has 4 aromatic rings. The molecular weight excluding hydrogens is 356 g/mol. The van der Waals surface area contributed by atoms with Gasteiger partial charge in [0.1, 0.15) is 0 Å². The van der Waals surface area contributed by atoms with E-state index in [2.05, 4.69) is 16.5 Å². The summed E-state index contributed by atoms with van der Waals surface area (Å²) in [5.41, 5.74) is 1.17. The second-order valence-electron chi connectivity index (χ2n) is 6.78. The topological polar surface area (TPSA) is 59.8 Å². The predicted molar refractivity (Wildman–Crippen MR) is 109 cm³/mol. The molecule has 1 unspecified atom stereocenters. The Kier molecular flexibility index (Phi) is 4.49. The second kappa shape index (κ2) is 6.96. The number of rotatable bonds is 5. The first-order chi connectivity index (χ1) is 13.0. The average Bonchev–Trinajstić information content (AvgIpc) is 3.27. The lowest BCUT2D eigenvalue weighted by Gasteiger charge is -2.27. The zero-order valence-electron chi connectivity index (χ0n) is 15.2. The van der Waals surface area contributed by atoms with Crippen molar-refractivity contribution in [3.05, 3.63) is 77.4 Å². The number of thiazole rings is 1. The Morgan fingerprint density at radius 3 is 2.56 bits per heavy atom. The number of benzene rings is 2. The molecule has 0 saturated carbocycles. The van der Waals surface area contributed by atoms with Gasteiger partial charge in [-0.15, -0.1) is 11.3 Å². The SMILES string of the molecule is Cn1ccc(NC(=O)C(C)(Cc2nc3ccccc3s2)c2ccccc2)n1. The fraction of sp³-hybridized carbons (Fsp3) is 0.190. The molecule has 2 heterocycles. The number of carbonyl (C=O) groups excluding carboxylic acids is 1. The first-order valence-corrected chi connectivity index (χ1v) is 9.57. The lowest BCUT2D eigenvalue weighted by molar-refractivity contribution is -0.121. The first kappa shape index (κ1) is 17.4. The van der Waals surface area contributed by atoms with Crippen LogP contribution in [0, 0.1) is 0 Å². The van der Waals surface area contributed by atoms with Gasteiger partial charge in [0.15, 0.2) is 5.82 Å². The van der Waals surface area contributed by atoms with Gasteiger partial charge in [0.25, 0.3) is 0 Å². The fourth-order valence-corrected chi connectivity index (χ4v) is 4.28. The van der Waals surface area contributed by atoms with E-state index in [1.165, 1.54) is 0 Å². The number of nitrogens with zero attached hydrogens (tertiary/aromatic N) is 3. The zero-order valence-corrected chi connectivity index (χ0v) is 16.0. The summed E-state index contributed by atoms with van der Waals surface area (Å²) in [5, 5.41) is 8.18. The number of hydrogen-bond donors (Lipinski definition) is 1. The van der Waals surface area contributed by atoms with Gasteiger partial charge < -0.3 is 5.32 Å². The van der Waals surface area contributed by atoms with Crippen LogP contribution in [0.25, 0.3) is 10.2 Å². The molecule has 0 saturated heterocycles. The van der Waals surface area contributed by atoms with Gasteiger partial charge in [0.2, 0.25) is 5.91 Å². The van der Waals surface area contributed by atoms with Crippen molar-refractivity contribution in [2.75, 3.05) is 5.32 Å². The van der Waals surface area contributed by atoms with Gasteiger partial charge in [-0.3, -0.25) is 9.48 Å². The third-order valence-corrected chi connectivity index (χ3v) is 5.75. The third-order valence-electron chi connectivity index (χ3n) is 4.71. The molecular formula is C21H20N4OS. The minimum Gasteiger partial charge on any atom is -0.308 e. The molecule has 0 radical (unpaired) electrons. The highest BCUT2D eigenvalue weighted by molar-refractivity contribution is 7.18. The molecule has 0 aliphatic heterocycles. The van der Waals surface area contributed by atoms with Gasteiger partial charge >= 0.3 is 0 Å². The molecule has 2 aromatic heterocycles.